The topological polar surface area (TPSA) is 31.0 Å². The lowest BCUT2D eigenvalue weighted by molar-refractivity contribution is -0.149. The van der Waals surface area contributed by atoms with Crippen LogP contribution in [0.25, 0.3) is 0 Å². The van der Waals surface area contributed by atoms with Gasteiger partial charge in [0, 0.05) is 7.11 Å². The van der Waals surface area contributed by atoms with Crippen molar-refractivity contribution < 1.29 is 14.2 Å². The van der Waals surface area contributed by atoms with Gasteiger partial charge in [0.25, 0.3) is 0 Å². The van der Waals surface area contributed by atoms with Gasteiger partial charge in [0.05, 0.1) is 12.2 Å². The van der Waals surface area contributed by atoms with Crippen molar-refractivity contribution in [2.45, 2.75) is 44.4 Å². The van der Waals surface area contributed by atoms with Gasteiger partial charge < -0.3 is 14.2 Å². The van der Waals surface area contributed by atoms with Gasteiger partial charge in [-0.25, -0.2) is 0 Å². The van der Waals surface area contributed by atoms with Crippen LogP contribution < -0.4 is 0 Å². The lowest BCUT2D eigenvalue weighted by atomic mass is 10.3. The van der Waals surface area contributed by atoms with Crippen LogP contribution in [0.5, 0.6) is 0 Å². The Morgan fingerprint density at radius 1 is 1.45 bits per heavy atom. The highest BCUT2D eigenvalue weighted by Gasteiger charge is 2.51. The zero-order valence-corrected chi connectivity index (χ0v) is 6.95. The molecule has 64 valence electrons. The Hall–Kier alpha value is -0.120. The van der Waals surface area contributed by atoms with Gasteiger partial charge in [-0.1, -0.05) is 0 Å². The van der Waals surface area contributed by atoms with Gasteiger partial charge in [-0.3, -0.25) is 0 Å². The monoisotopic (exact) mass is 158 g/mol. The Morgan fingerprint density at radius 2 is 2.27 bits per heavy atom. The molecule has 0 radical (unpaired) electrons. The van der Waals surface area contributed by atoms with Crippen LogP contribution in [0.2, 0.25) is 0 Å². The summed E-state index contributed by atoms with van der Waals surface area (Å²) in [5.41, 5.74) is 0. The summed E-state index contributed by atoms with van der Waals surface area (Å²) >= 11 is 0. The van der Waals surface area contributed by atoms with E-state index in [1.807, 2.05) is 6.92 Å². The molecule has 2 fully saturated rings. The summed E-state index contributed by atoms with van der Waals surface area (Å²) in [6, 6.07) is 0. The highest BCUT2D eigenvalue weighted by Crippen LogP contribution is 2.40. The van der Waals surface area contributed by atoms with Crippen molar-refractivity contribution in [1.29, 1.82) is 0 Å². The normalized spacial score (nSPS) is 43.6. The molecule has 11 heavy (non-hydrogen) atoms. The average molecular weight is 158 g/mol. The Kier molecular flexibility index (Phi) is 1.87. The van der Waals surface area contributed by atoms with E-state index < -0.39 is 0 Å². The predicted molar refractivity (Wildman–Crippen MR) is 39.2 cm³/mol. The zero-order chi connectivity index (χ0) is 7.84. The standard InChI is InChI=1S/C8H14O3/c1-5(9-2)10-6-3-4-7-8(6)11-7/h5-8H,3-4H2,1-2H3/t5-,6+,7-,8+/m0/s1. The number of hydrogen-bond donors (Lipinski definition) is 0. The number of methoxy groups -OCH3 is 1. The third-order valence-electron chi connectivity index (χ3n) is 2.42. The second-order valence-corrected chi connectivity index (χ2v) is 3.19. The van der Waals surface area contributed by atoms with E-state index >= 15 is 0 Å². The number of epoxide rings is 1. The van der Waals surface area contributed by atoms with Crippen LogP contribution in [-0.4, -0.2) is 31.7 Å². The molecule has 4 atom stereocenters. The van der Waals surface area contributed by atoms with E-state index in [2.05, 4.69) is 0 Å². The van der Waals surface area contributed by atoms with Crippen LogP contribution >= 0.6 is 0 Å². The van der Waals surface area contributed by atoms with Gasteiger partial charge in [0.15, 0.2) is 6.29 Å². The smallest absolute Gasteiger partial charge is 0.154 e. The molecule has 1 aliphatic carbocycles. The third-order valence-corrected chi connectivity index (χ3v) is 2.42. The summed E-state index contributed by atoms with van der Waals surface area (Å²) in [6.45, 7) is 1.91. The number of ether oxygens (including phenoxy) is 3. The molecule has 0 N–H and O–H groups in total. The van der Waals surface area contributed by atoms with E-state index in [4.69, 9.17) is 14.2 Å². The Morgan fingerprint density at radius 3 is 2.73 bits per heavy atom. The van der Waals surface area contributed by atoms with E-state index in [1.165, 1.54) is 0 Å². The summed E-state index contributed by atoms with van der Waals surface area (Å²) in [4.78, 5) is 0. The van der Waals surface area contributed by atoms with Gasteiger partial charge in [-0.15, -0.1) is 0 Å². The first-order chi connectivity index (χ1) is 5.31. The van der Waals surface area contributed by atoms with Crippen LogP contribution in [0.3, 0.4) is 0 Å². The summed E-state index contributed by atoms with van der Waals surface area (Å²) in [7, 11) is 1.66. The lowest BCUT2D eigenvalue weighted by Gasteiger charge is -2.17. The average Bonchev–Trinajstić information content (AvgIpc) is 2.70. The molecule has 0 unspecified atom stereocenters. The zero-order valence-electron chi connectivity index (χ0n) is 6.95. The van der Waals surface area contributed by atoms with Crippen molar-refractivity contribution >= 4 is 0 Å². The third kappa shape index (κ3) is 1.41. The molecule has 0 bridgehead atoms. The molecule has 2 aliphatic rings. The van der Waals surface area contributed by atoms with Crippen LogP contribution in [0.1, 0.15) is 19.8 Å². The van der Waals surface area contributed by atoms with Crippen molar-refractivity contribution in [1.82, 2.24) is 0 Å². The second kappa shape index (κ2) is 2.73. The fraction of sp³-hybridized carbons (Fsp3) is 1.00. The van der Waals surface area contributed by atoms with Gasteiger partial charge in [0.2, 0.25) is 0 Å². The SMILES string of the molecule is CO[C@H](C)O[C@@H]1CC[C@@H]2O[C@@H]21. The number of hydrogen-bond acceptors (Lipinski definition) is 3. The van der Waals surface area contributed by atoms with Crippen molar-refractivity contribution in [2.24, 2.45) is 0 Å². The number of fused-ring (bicyclic) bond motifs is 1. The minimum atomic E-state index is -0.0945. The summed E-state index contributed by atoms with van der Waals surface area (Å²) in [5.74, 6) is 0. The summed E-state index contributed by atoms with van der Waals surface area (Å²) in [6.07, 6.45) is 3.36. The molecule has 0 aromatic carbocycles. The molecule has 1 heterocycles. The molecule has 0 amide bonds. The molecule has 0 aromatic rings. The van der Waals surface area contributed by atoms with Crippen LogP contribution in [0.4, 0.5) is 0 Å². The van der Waals surface area contributed by atoms with Crippen molar-refractivity contribution in [3.05, 3.63) is 0 Å². The van der Waals surface area contributed by atoms with E-state index in [9.17, 15) is 0 Å². The summed E-state index contributed by atoms with van der Waals surface area (Å²) < 4.78 is 15.9. The van der Waals surface area contributed by atoms with E-state index in [0.29, 0.717) is 12.2 Å². The first kappa shape index (κ1) is 7.53. The minimum absolute atomic E-state index is 0.0945. The first-order valence-corrected chi connectivity index (χ1v) is 4.15. The van der Waals surface area contributed by atoms with E-state index in [1.54, 1.807) is 7.11 Å². The second-order valence-electron chi connectivity index (χ2n) is 3.19. The van der Waals surface area contributed by atoms with E-state index in [0.717, 1.165) is 12.8 Å². The highest BCUT2D eigenvalue weighted by atomic mass is 16.7. The quantitative estimate of drug-likeness (QED) is 0.452. The van der Waals surface area contributed by atoms with E-state index in [-0.39, 0.29) is 12.4 Å². The molecule has 3 nitrogen and oxygen atoms in total. The maximum atomic E-state index is 5.57. The van der Waals surface area contributed by atoms with Gasteiger partial charge in [0.1, 0.15) is 6.10 Å². The molecule has 0 spiro atoms. The highest BCUT2D eigenvalue weighted by molar-refractivity contribution is 4.98. The van der Waals surface area contributed by atoms with Crippen molar-refractivity contribution in [3.8, 4) is 0 Å². The van der Waals surface area contributed by atoms with Crippen molar-refractivity contribution in [3.63, 3.8) is 0 Å². The molecule has 2 rings (SSSR count). The molecular weight excluding hydrogens is 144 g/mol. The van der Waals surface area contributed by atoms with Gasteiger partial charge in [-0.2, -0.15) is 0 Å². The molecule has 0 aromatic heterocycles. The molecule has 1 aliphatic heterocycles. The molecule has 1 saturated carbocycles. The predicted octanol–water partition coefficient (Wildman–Crippen LogP) is 0.925. The van der Waals surface area contributed by atoms with Gasteiger partial charge in [-0.05, 0) is 19.8 Å². The Balaban J connectivity index is 1.77. The fourth-order valence-electron chi connectivity index (χ4n) is 1.66. The Labute approximate surface area is 66.6 Å². The Bertz CT molecular complexity index is 148. The van der Waals surface area contributed by atoms with Crippen LogP contribution in [0.15, 0.2) is 0 Å². The maximum absolute atomic E-state index is 5.57. The fourth-order valence-corrected chi connectivity index (χ4v) is 1.66. The molecule has 1 saturated heterocycles. The maximum Gasteiger partial charge on any atom is 0.154 e. The van der Waals surface area contributed by atoms with Crippen molar-refractivity contribution in [2.75, 3.05) is 7.11 Å². The molecule has 3 heteroatoms. The summed E-state index contributed by atoms with van der Waals surface area (Å²) in [5, 5.41) is 0. The van der Waals surface area contributed by atoms with Crippen LogP contribution in [0, 0.1) is 0 Å². The molecular formula is C8H14O3. The largest absolute Gasteiger partial charge is 0.367 e. The lowest BCUT2D eigenvalue weighted by Crippen LogP contribution is -2.23. The minimum Gasteiger partial charge on any atom is -0.367 e. The first-order valence-electron chi connectivity index (χ1n) is 4.15. The van der Waals surface area contributed by atoms with Gasteiger partial charge >= 0.3 is 0 Å². The number of rotatable bonds is 3. The van der Waals surface area contributed by atoms with Crippen LogP contribution in [-0.2, 0) is 14.2 Å².